The minimum absolute atomic E-state index is 0.941. The molecule has 8 aromatic rings. The standard InChI is InChI=1S/C34H21NOS/c1-3-11-24(12-4-1)35(25-13-5-2-6-14-25)26-15-16-28-32(21-26)37-31-18-17-27-29-19-22-9-7-8-10-23(22)20-30(29)36-34(27)33(28)31/h1-21H. The smallest absolute Gasteiger partial charge is 0.144 e. The number of para-hydroxylation sites is 2. The van der Waals surface area contributed by atoms with Crippen LogP contribution in [0.15, 0.2) is 132 Å². The number of benzene rings is 6. The van der Waals surface area contributed by atoms with Crippen molar-refractivity contribution in [1.82, 2.24) is 0 Å². The molecule has 0 bridgehead atoms. The van der Waals surface area contributed by atoms with Crippen LogP contribution in [0, 0.1) is 0 Å². The molecule has 174 valence electrons. The molecule has 0 atom stereocenters. The number of fused-ring (bicyclic) bond motifs is 8. The highest BCUT2D eigenvalue weighted by Crippen LogP contribution is 2.44. The molecule has 0 N–H and O–H groups in total. The van der Waals surface area contributed by atoms with Crippen LogP contribution in [0.5, 0.6) is 0 Å². The Morgan fingerprint density at radius 1 is 0.486 bits per heavy atom. The number of nitrogens with zero attached hydrogens (tertiary/aromatic N) is 1. The van der Waals surface area contributed by atoms with E-state index in [1.165, 1.54) is 41.7 Å². The maximum Gasteiger partial charge on any atom is 0.144 e. The van der Waals surface area contributed by atoms with Gasteiger partial charge in [0, 0.05) is 48.0 Å². The summed E-state index contributed by atoms with van der Waals surface area (Å²) >= 11 is 1.82. The number of thiophene rings is 1. The second kappa shape index (κ2) is 7.95. The molecule has 37 heavy (non-hydrogen) atoms. The van der Waals surface area contributed by atoms with E-state index in [2.05, 4.69) is 132 Å². The fourth-order valence-corrected chi connectivity index (χ4v) is 6.65. The molecule has 8 rings (SSSR count). The van der Waals surface area contributed by atoms with Gasteiger partial charge in [0.1, 0.15) is 11.2 Å². The summed E-state index contributed by atoms with van der Waals surface area (Å²) < 4.78 is 9.05. The Hall–Kier alpha value is -4.60. The Bertz CT molecular complexity index is 2050. The van der Waals surface area contributed by atoms with Gasteiger partial charge in [-0.15, -0.1) is 11.3 Å². The second-order valence-corrected chi connectivity index (χ2v) is 10.5. The first-order chi connectivity index (χ1) is 18.3. The van der Waals surface area contributed by atoms with E-state index < -0.39 is 0 Å². The van der Waals surface area contributed by atoms with E-state index in [9.17, 15) is 0 Å². The van der Waals surface area contributed by atoms with Gasteiger partial charge in [0.15, 0.2) is 0 Å². The first-order valence-corrected chi connectivity index (χ1v) is 13.3. The van der Waals surface area contributed by atoms with Crippen LogP contribution >= 0.6 is 11.3 Å². The normalized spacial score (nSPS) is 11.8. The topological polar surface area (TPSA) is 16.4 Å². The highest BCUT2D eigenvalue weighted by molar-refractivity contribution is 7.26. The van der Waals surface area contributed by atoms with Gasteiger partial charge in [0.2, 0.25) is 0 Å². The van der Waals surface area contributed by atoms with E-state index in [4.69, 9.17) is 4.42 Å². The lowest BCUT2D eigenvalue weighted by molar-refractivity contribution is 0.673. The third-order valence-electron chi connectivity index (χ3n) is 7.21. The van der Waals surface area contributed by atoms with Crippen molar-refractivity contribution in [3.05, 3.63) is 127 Å². The van der Waals surface area contributed by atoms with Gasteiger partial charge in [-0.2, -0.15) is 0 Å². The van der Waals surface area contributed by atoms with Crippen molar-refractivity contribution in [3.63, 3.8) is 0 Å². The van der Waals surface area contributed by atoms with Crippen LogP contribution < -0.4 is 4.90 Å². The molecule has 0 amide bonds. The molecule has 0 aliphatic rings. The van der Waals surface area contributed by atoms with Crippen LogP contribution in [0.2, 0.25) is 0 Å². The summed E-state index contributed by atoms with van der Waals surface area (Å²) in [5.41, 5.74) is 5.34. The molecule has 0 radical (unpaired) electrons. The van der Waals surface area contributed by atoms with E-state index >= 15 is 0 Å². The monoisotopic (exact) mass is 491 g/mol. The summed E-state index contributed by atoms with van der Waals surface area (Å²) in [5, 5.41) is 7.22. The SMILES string of the molecule is c1ccc(N(c2ccccc2)c2ccc3c(c2)sc2ccc4c5cc6ccccc6cc5oc4c23)cc1. The van der Waals surface area contributed by atoms with Crippen molar-refractivity contribution in [2.45, 2.75) is 0 Å². The van der Waals surface area contributed by atoms with Crippen LogP contribution in [-0.4, -0.2) is 0 Å². The quantitative estimate of drug-likeness (QED) is 0.244. The van der Waals surface area contributed by atoms with Crippen molar-refractivity contribution in [2.75, 3.05) is 4.90 Å². The van der Waals surface area contributed by atoms with Crippen LogP contribution in [0.3, 0.4) is 0 Å². The van der Waals surface area contributed by atoms with Gasteiger partial charge in [-0.3, -0.25) is 0 Å². The molecule has 0 aliphatic carbocycles. The van der Waals surface area contributed by atoms with Crippen molar-refractivity contribution < 1.29 is 4.42 Å². The van der Waals surface area contributed by atoms with Crippen molar-refractivity contribution in [2.24, 2.45) is 0 Å². The fraction of sp³-hybridized carbons (Fsp3) is 0. The van der Waals surface area contributed by atoms with Crippen LogP contribution in [0.4, 0.5) is 17.1 Å². The summed E-state index contributed by atoms with van der Waals surface area (Å²) in [4.78, 5) is 2.31. The minimum Gasteiger partial charge on any atom is -0.455 e. The Morgan fingerprint density at radius 2 is 1.14 bits per heavy atom. The van der Waals surface area contributed by atoms with Gasteiger partial charge < -0.3 is 9.32 Å². The highest BCUT2D eigenvalue weighted by Gasteiger charge is 2.18. The molecule has 2 nitrogen and oxygen atoms in total. The predicted molar refractivity (Wildman–Crippen MR) is 159 cm³/mol. The molecular formula is C34H21NOS. The minimum atomic E-state index is 0.941. The zero-order valence-corrected chi connectivity index (χ0v) is 20.7. The Balaban J connectivity index is 1.36. The molecule has 0 saturated carbocycles. The van der Waals surface area contributed by atoms with Gasteiger partial charge in [-0.05, 0) is 71.4 Å². The molecule has 2 heterocycles. The molecule has 0 unspecified atom stereocenters. The van der Waals surface area contributed by atoms with Crippen LogP contribution in [0.25, 0.3) is 52.9 Å². The van der Waals surface area contributed by atoms with Gasteiger partial charge >= 0.3 is 0 Å². The van der Waals surface area contributed by atoms with E-state index in [0.29, 0.717) is 0 Å². The van der Waals surface area contributed by atoms with Crippen LogP contribution in [-0.2, 0) is 0 Å². The number of furan rings is 1. The molecule has 3 heteroatoms. The summed E-state index contributed by atoms with van der Waals surface area (Å²) in [5.74, 6) is 0. The second-order valence-electron chi connectivity index (χ2n) is 9.40. The molecule has 0 fully saturated rings. The zero-order chi connectivity index (χ0) is 24.3. The average Bonchev–Trinajstić information content (AvgIpc) is 3.50. The van der Waals surface area contributed by atoms with Crippen molar-refractivity contribution >= 4 is 81.3 Å². The lowest BCUT2D eigenvalue weighted by Gasteiger charge is -2.25. The summed E-state index contributed by atoms with van der Waals surface area (Å²) in [6.45, 7) is 0. The maximum atomic E-state index is 6.55. The van der Waals surface area contributed by atoms with E-state index in [-0.39, 0.29) is 0 Å². The number of hydrogen-bond donors (Lipinski definition) is 0. The molecule has 0 saturated heterocycles. The summed E-state index contributed by atoms with van der Waals surface area (Å²) in [6, 6.07) is 45.3. The van der Waals surface area contributed by atoms with E-state index in [1.54, 1.807) is 0 Å². The first kappa shape index (κ1) is 20.6. The lowest BCUT2D eigenvalue weighted by atomic mass is 10.0. The summed E-state index contributed by atoms with van der Waals surface area (Å²) in [7, 11) is 0. The Kier molecular flexibility index (Phi) is 4.42. The largest absolute Gasteiger partial charge is 0.455 e. The third kappa shape index (κ3) is 3.18. The average molecular weight is 492 g/mol. The van der Waals surface area contributed by atoms with Gasteiger partial charge in [-0.25, -0.2) is 0 Å². The van der Waals surface area contributed by atoms with Gasteiger partial charge in [-0.1, -0.05) is 66.7 Å². The van der Waals surface area contributed by atoms with E-state index in [0.717, 1.165) is 28.2 Å². The summed E-state index contributed by atoms with van der Waals surface area (Å²) in [6.07, 6.45) is 0. The highest BCUT2D eigenvalue weighted by atomic mass is 32.1. The van der Waals surface area contributed by atoms with Crippen LogP contribution in [0.1, 0.15) is 0 Å². The molecule has 6 aromatic carbocycles. The zero-order valence-electron chi connectivity index (χ0n) is 19.9. The molecule has 2 aromatic heterocycles. The molecule has 0 aliphatic heterocycles. The Morgan fingerprint density at radius 3 is 1.86 bits per heavy atom. The van der Waals surface area contributed by atoms with Crippen molar-refractivity contribution in [1.29, 1.82) is 0 Å². The Labute approximate surface area is 217 Å². The fourth-order valence-electron chi connectivity index (χ4n) is 5.51. The number of hydrogen-bond acceptors (Lipinski definition) is 3. The maximum absolute atomic E-state index is 6.55. The predicted octanol–water partition coefficient (Wildman–Crippen LogP) is 10.6. The number of rotatable bonds is 3. The number of anilines is 3. The first-order valence-electron chi connectivity index (χ1n) is 12.4. The third-order valence-corrected chi connectivity index (χ3v) is 8.33. The van der Waals surface area contributed by atoms with E-state index in [1.807, 2.05) is 11.3 Å². The molecule has 0 spiro atoms. The van der Waals surface area contributed by atoms with Crippen molar-refractivity contribution in [3.8, 4) is 0 Å². The lowest BCUT2D eigenvalue weighted by Crippen LogP contribution is -2.09. The van der Waals surface area contributed by atoms with Gasteiger partial charge in [0.25, 0.3) is 0 Å². The molecular weight excluding hydrogens is 470 g/mol. The van der Waals surface area contributed by atoms with Gasteiger partial charge in [0.05, 0.1) is 0 Å².